The van der Waals surface area contributed by atoms with Crippen molar-refractivity contribution in [2.24, 2.45) is 29.6 Å². The van der Waals surface area contributed by atoms with Gasteiger partial charge in [-0.05, 0) is 102 Å². The number of allylic oxidation sites excluding steroid dienone is 3. The van der Waals surface area contributed by atoms with Crippen LogP contribution in [0.4, 0.5) is 0 Å². The lowest BCUT2D eigenvalue weighted by Crippen LogP contribution is -2.64. The number of hydrogen-bond acceptors (Lipinski definition) is 14. The second-order valence-corrected chi connectivity index (χ2v) is 18.2. The number of Topliss-reactive ketones (excluding diaryl/α,β-unsaturated/α-hetero) is 2. The predicted octanol–water partition coefficient (Wildman–Crippen LogP) is 4.41. The average molecular weight is 864 g/mol. The van der Waals surface area contributed by atoms with Crippen molar-refractivity contribution in [1.82, 2.24) is 4.90 Å². The van der Waals surface area contributed by atoms with Crippen LogP contribution in [0, 0.1) is 29.6 Å². The number of methoxy groups -OCH3 is 4. The van der Waals surface area contributed by atoms with E-state index >= 15 is 0 Å². The summed E-state index contributed by atoms with van der Waals surface area (Å²) in [7, 11) is 5.88. The smallest absolute Gasteiger partial charge is 0.329 e. The molecule has 61 heavy (non-hydrogen) atoms. The zero-order valence-electron chi connectivity index (χ0n) is 37.8. The Labute approximate surface area is 361 Å². The Balaban J connectivity index is 1.79. The van der Waals surface area contributed by atoms with Gasteiger partial charge in [0, 0.05) is 58.5 Å². The van der Waals surface area contributed by atoms with Crippen LogP contribution in [0.5, 0.6) is 0 Å². The molecule has 0 aromatic rings. The topological polar surface area (TPSA) is 205 Å². The second-order valence-electron chi connectivity index (χ2n) is 18.2. The zero-order chi connectivity index (χ0) is 45.2. The highest BCUT2D eigenvalue weighted by atomic mass is 16.7. The zero-order valence-corrected chi connectivity index (χ0v) is 37.8. The molecule has 1 saturated carbocycles. The van der Waals surface area contributed by atoms with E-state index in [4.69, 9.17) is 28.4 Å². The van der Waals surface area contributed by atoms with Gasteiger partial charge in [-0.15, -0.1) is 0 Å². The molecular formula is C46H73NO14. The number of ketones is 2. The number of carbonyl (C=O) groups excluding carboxylic acids is 5. The molecule has 1 aliphatic carbocycles. The lowest BCUT2D eigenvalue weighted by molar-refractivity contribution is -0.302. The Morgan fingerprint density at radius 3 is 2.23 bits per heavy atom. The van der Waals surface area contributed by atoms with Crippen LogP contribution >= 0.6 is 0 Å². The largest absolute Gasteiger partial charge is 0.469 e. The van der Waals surface area contributed by atoms with Crippen LogP contribution in [-0.2, 0) is 52.4 Å². The van der Waals surface area contributed by atoms with Gasteiger partial charge >= 0.3 is 11.9 Å². The number of rotatable bonds is 9. The lowest BCUT2D eigenvalue weighted by Gasteiger charge is -2.47. The van der Waals surface area contributed by atoms with Gasteiger partial charge in [0.1, 0.15) is 24.0 Å². The summed E-state index contributed by atoms with van der Waals surface area (Å²) >= 11 is 0. The molecule has 14 unspecified atom stereocenters. The monoisotopic (exact) mass is 864 g/mol. The van der Waals surface area contributed by atoms with Gasteiger partial charge < -0.3 is 48.6 Å². The number of aliphatic hydroxyl groups excluding tert-OH is 2. The van der Waals surface area contributed by atoms with E-state index < -0.39 is 83.9 Å². The van der Waals surface area contributed by atoms with Gasteiger partial charge in [0.05, 0.1) is 37.6 Å². The molecule has 0 spiro atoms. The van der Waals surface area contributed by atoms with E-state index in [1.54, 1.807) is 27.9 Å². The predicted molar refractivity (Wildman–Crippen MR) is 224 cm³/mol. The number of aliphatic hydroxyl groups is 3. The van der Waals surface area contributed by atoms with Gasteiger partial charge in [-0.2, -0.15) is 0 Å². The van der Waals surface area contributed by atoms with Crippen LogP contribution in [0.1, 0.15) is 118 Å². The average Bonchev–Trinajstić information content (AvgIpc) is 3.24. The normalized spacial score (nSPS) is 39.0. The van der Waals surface area contributed by atoms with E-state index in [0.717, 1.165) is 10.5 Å². The summed E-state index contributed by atoms with van der Waals surface area (Å²) in [4.78, 5) is 70.3. The molecule has 346 valence electrons. The summed E-state index contributed by atoms with van der Waals surface area (Å²) in [6.45, 7) is 9.12. The first kappa shape index (κ1) is 50.6. The second kappa shape index (κ2) is 23.0. The Hall–Kier alpha value is -3.05. The fraction of sp³-hybridized carbons (Fsp3) is 0.804. The summed E-state index contributed by atoms with van der Waals surface area (Å²) in [5, 5.41) is 34.4. The highest BCUT2D eigenvalue weighted by Gasteiger charge is 2.56. The maximum absolute atomic E-state index is 14.4. The van der Waals surface area contributed by atoms with Crippen LogP contribution in [0.15, 0.2) is 23.3 Å². The number of amides is 1. The van der Waals surface area contributed by atoms with Crippen molar-refractivity contribution < 1.29 is 67.7 Å². The number of hydrogen-bond donors (Lipinski definition) is 3. The van der Waals surface area contributed by atoms with E-state index in [1.807, 2.05) is 26.0 Å². The summed E-state index contributed by atoms with van der Waals surface area (Å²) < 4.78 is 34.7. The third-order valence-corrected chi connectivity index (χ3v) is 13.6. The number of fused-ring (bicyclic) bond motifs is 3. The van der Waals surface area contributed by atoms with Gasteiger partial charge in [0.25, 0.3) is 11.7 Å². The lowest BCUT2D eigenvalue weighted by atomic mass is 9.81. The molecule has 3 heterocycles. The molecule has 14 atom stereocenters. The number of cyclic esters (lactones) is 1. The van der Waals surface area contributed by atoms with Crippen molar-refractivity contribution in [2.45, 2.75) is 173 Å². The third kappa shape index (κ3) is 12.8. The van der Waals surface area contributed by atoms with Crippen molar-refractivity contribution in [3.63, 3.8) is 0 Å². The fourth-order valence-corrected chi connectivity index (χ4v) is 9.86. The van der Waals surface area contributed by atoms with Gasteiger partial charge in [-0.25, -0.2) is 4.79 Å². The van der Waals surface area contributed by atoms with Crippen molar-refractivity contribution in [2.75, 3.05) is 35.0 Å². The molecule has 15 nitrogen and oxygen atoms in total. The van der Waals surface area contributed by atoms with Gasteiger partial charge in [0.15, 0.2) is 0 Å². The van der Waals surface area contributed by atoms with Gasteiger partial charge in [-0.3, -0.25) is 19.2 Å². The number of esters is 2. The van der Waals surface area contributed by atoms with Gasteiger partial charge in [0.2, 0.25) is 5.79 Å². The van der Waals surface area contributed by atoms with E-state index in [9.17, 15) is 39.3 Å². The number of carbonyl (C=O) groups is 5. The molecule has 4 rings (SSSR count). The molecule has 0 aromatic heterocycles. The molecule has 15 heteroatoms. The third-order valence-electron chi connectivity index (χ3n) is 13.6. The molecule has 3 N–H and O–H groups in total. The Kier molecular flexibility index (Phi) is 19.1. The number of nitrogens with zero attached hydrogens (tertiary/aromatic N) is 1. The Morgan fingerprint density at radius 1 is 0.902 bits per heavy atom. The van der Waals surface area contributed by atoms with E-state index in [0.29, 0.717) is 63.4 Å². The summed E-state index contributed by atoms with van der Waals surface area (Å²) in [5.41, 5.74) is 1.52. The minimum atomic E-state index is -2.54. The van der Waals surface area contributed by atoms with Crippen LogP contribution in [0.25, 0.3) is 0 Å². The molecule has 2 bridgehead atoms. The summed E-state index contributed by atoms with van der Waals surface area (Å²) in [5.74, 6) is -8.56. The van der Waals surface area contributed by atoms with Gasteiger partial charge in [-0.1, -0.05) is 38.5 Å². The minimum absolute atomic E-state index is 0.0410. The molecular weight excluding hydrogens is 790 g/mol. The molecule has 0 aromatic carbocycles. The van der Waals surface area contributed by atoms with Crippen LogP contribution in [-0.4, -0.2) is 139 Å². The standard InChI is InChI=1S/C46H73NO14/c1-26-19-27(2)21-38(57-7)42-39(58-8)23-29(4)46(55,61-42)43(52)44(53)47-18-11-10-14-33(47)45(54)60-41(28(3)22-31-16-17-34(48)37(24-31)56-6)30(5)35(49)25-36(50)32(20-26)13-12-15-40(51)59-9/h20,22,27,29-35,37-39,41-42,48-49,55H,10-19,21,23-25H2,1-9H3/b26-20-,28-22+. The van der Waals surface area contributed by atoms with E-state index in [2.05, 4.69) is 0 Å². The molecule has 4 aliphatic rings. The minimum Gasteiger partial charge on any atom is -0.469 e. The SMILES string of the molecule is COC(=O)CCCC1/C=C(/C)CC(C)CC(OC)C2OC(O)(C(=O)C(=O)N3CCCCC3C(=O)OC(/C(C)=C/C3CCC(O)C(OC)C3)C(C)C(O)CC1=O)C(C)CC2OC. The van der Waals surface area contributed by atoms with E-state index in [1.165, 1.54) is 21.3 Å². The highest BCUT2D eigenvalue weighted by molar-refractivity contribution is 6.39. The maximum Gasteiger partial charge on any atom is 0.329 e. The van der Waals surface area contributed by atoms with Crippen molar-refractivity contribution in [3.05, 3.63) is 23.3 Å². The highest BCUT2D eigenvalue weighted by Crippen LogP contribution is 2.39. The number of piperidine rings is 1. The summed E-state index contributed by atoms with van der Waals surface area (Å²) in [6.07, 6.45) is 3.09. The number of ether oxygens (including phenoxy) is 6. The van der Waals surface area contributed by atoms with Crippen molar-refractivity contribution in [3.8, 4) is 0 Å². The molecule has 1 amide bonds. The fourth-order valence-electron chi connectivity index (χ4n) is 9.86. The first-order valence-corrected chi connectivity index (χ1v) is 22.2. The maximum atomic E-state index is 14.4. The Bertz CT molecular complexity index is 1580. The molecule has 3 aliphatic heterocycles. The quantitative estimate of drug-likeness (QED) is 0.167. The van der Waals surface area contributed by atoms with Crippen LogP contribution in [0.2, 0.25) is 0 Å². The molecule has 3 fully saturated rings. The van der Waals surface area contributed by atoms with Crippen LogP contribution in [0.3, 0.4) is 0 Å². The first-order chi connectivity index (χ1) is 28.9. The summed E-state index contributed by atoms with van der Waals surface area (Å²) in [6, 6.07) is -1.17. The molecule has 2 saturated heterocycles. The van der Waals surface area contributed by atoms with Crippen molar-refractivity contribution >= 4 is 29.4 Å². The van der Waals surface area contributed by atoms with Crippen LogP contribution < -0.4 is 0 Å². The Morgan fingerprint density at radius 2 is 1.57 bits per heavy atom. The van der Waals surface area contributed by atoms with Crippen molar-refractivity contribution in [1.29, 1.82) is 0 Å². The van der Waals surface area contributed by atoms with E-state index in [-0.39, 0.29) is 61.9 Å². The molecule has 0 radical (unpaired) electrons. The first-order valence-electron chi connectivity index (χ1n) is 22.2.